The van der Waals surface area contributed by atoms with E-state index in [-0.39, 0.29) is 17.5 Å². The van der Waals surface area contributed by atoms with Crippen molar-refractivity contribution < 1.29 is 4.79 Å². The van der Waals surface area contributed by atoms with Crippen molar-refractivity contribution in [2.24, 2.45) is 0 Å². The molecule has 1 N–H and O–H groups in total. The highest BCUT2D eigenvalue weighted by atomic mass is 32.1. The monoisotopic (exact) mass is 234 g/mol. The summed E-state index contributed by atoms with van der Waals surface area (Å²) in [6, 6.07) is 5.78. The van der Waals surface area contributed by atoms with Crippen LogP contribution in [0.3, 0.4) is 0 Å². The van der Waals surface area contributed by atoms with Crippen LogP contribution in [0.15, 0.2) is 23.1 Å². The average Bonchev–Trinajstić information content (AvgIpc) is 2.78. The lowest BCUT2D eigenvalue weighted by Crippen LogP contribution is -2.32. The Bertz CT molecular complexity index is 415. The molecule has 0 aliphatic rings. The van der Waals surface area contributed by atoms with E-state index >= 15 is 0 Å². The topological polar surface area (TPSA) is 52.9 Å². The van der Waals surface area contributed by atoms with Crippen LogP contribution in [0.4, 0.5) is 0 Å². The van der Waals surface area contributed by atoms with E-state index in [0.29, 0.717) is 0 Å². The fraction of sp³-hybridized carbons (Fsp3) is 0.333. The second kappa shape index (κ2) is 6.09. The predicted octanol–water partition coefficient (Wildman–Crippen LogP) is 2.57. The summed E-state index contributed by atoms with van der Waals surface area (Å²) in [5, 5.41) is 13.6. The summed E-state index contributed by atoms with van der Waals surface area (Å²) in [6.07, 6.45) is 2.46. The molecule has 1 rings (SSSR count). The molecule has 1 atom stereocenters. The van der Waals surface area contributed by atoms with Crippen molar-refractivity contribution in [1.29, 1.82) is 5.26 Å². The first-order valence-electron chi connectivity index (χ1n) is 5.13. The lowest BCUT2D eigenvalue weighted by Gasteiger charge is -2.10. The minimum absolute atomic E-state index is 0.0904. The fourth-order valence-corrected chi connectivity index (χ4v) is 1.73. The van der Waals surface area contributed by atoms with Crippen LogP contribution >= 0.6 is 11.3 Å². The van der Waals surface area contributed by atoms with Crippen LogP contribution in [0.2, 0.25) is 0 Å². The van der Waals surface area contributed by atoms with Crippen LogP contribution in [-0.2, 0) is 4.79 Å². The number of thiophene rings is 1. The van der Waals surface area contributed by atoms with E-state index in [1.807, 2.05) is 37.4 Å². The van der Waals surface area contributed by atoms with Gasteiger partial charge in [0, 0.05) is 10.9 Å². The van der Waals surface area contributed by atoms with Gasteiger partial charge < -0.3 is 5.32 Å². The second-order valence-corrected chi connectivity index (χ2v) is 4.45. The largest absolute Gasteiger partial charge is 0.349 e. The molecule has 0 unspecified atom stereocenters. The van der Waals surface area contributed by atoms with Crippen LogP contribution in [0.1, 0.15) is 25.1 Å². The zero-order valence-corrected chi connectivity index (χ0v) is 10.2. The number of carbonyl (C=O) groups is 1. The van der Waals surface area contributed by atoms with Gasteiger partial charge in [0.25, 0.3) is 5.91 Å². The van der Waals surface area contributed by atoms with Crippen molar-refractivity contribution >= 4 is 23.3 Å². The van der Waals surface area contributed by atoms with Gasteiger partial charge in [0.1, 0.15) is 11.6 Å². The standard InChI is InChI=1S/C12H14N2OS/c1-3-9(2)14-12(15)10(8-13)7-11-5-4-6-16-11/h4-7,9H,3H2,1-2H3,(H,14,15)/b10-7+/t9-/m1/s1. The van der Waals surface area contributed by atoms with Crippen LogP contribution in [0, 0.1) is 11.3 Å². The summed E-state index contributed by atoms with van der Waals surface area (Å²) >= 11 is 1.50. The molecule has 1 amide bonds. The van der Waals surface area contributed by atoms with Gasteiger partial charge >= 0.3 is 0 Å². The molecule has 16 heavy (non-hydrogen) atoms. The Hall–Kier alpha value is -1.60. The fourth-order valence-electron chi connectivity index (χ4n) is 1.07. The van der Waals surface area contributed by atoms with E-state index in [9.17, 15) is 4.79 Å². The van der Waals surface area contributed by atoms with E-state index in [2.05, 4.69) is 5.32 Å². The Morgan fingerprint density at radius 3 is 3.00 bits per heavy atom. The first-order chi connectivity index (χ1) is 7.67. The third-order valence-corrected chi connectivity index (χ3v) is 3.00. The Kier molecular flexibility index (Phi) is 4.74. The van der Waals surface area contributed by atoms with Gasteiger partial charge in [0.05, 0.1) is 0 Å². The van der Waals surface area contributed by atoms with Gasteiger partial charge in [-0.05, 0) is 30.9 Å². The zero-order chi connectivity index (χ0) is 12.0. The van der Waals surface area contributed by atoms with Gasteiger partial charge in [0.2, 0.25) is 0 Å². The molecule has 0 radical (unpaired) electrons. The molecule has 1 aromatic rings. The minimum atomic E-state index is -0.301. The van der Waals surface area contributed by atoms with Crippen LogP contribution in [-0.4, -0.2) is 11.9 Å². The molecule has 1 heterocycles. The number of rotatable bonds is 4. The number of amides is 1. The Labute approximate surface area is 99.4 Å². The van der Waals surface area contributed by atoms with E-state index in [0.717, 1.165) is 11.3 Å². The first kappa shape index (κ1) is 12.5. The molecule has 0 bridgehead atoms. The van der Waals surface area contributed by atoms with Crippen molar-refractivity contribution in [3.8, 4) is 6.07 Å². The predicted molar refractivity (Wildman–Crippen MR) is 65.8 cm³/mol. The summed E-state index contributed by atoms with van der Waals surface area (Å²) < 4.78 is 0. The van der Waals surface area contributed by atoms with Crippen molar-refractivity contribution in [2.75, 3.05) is 0 Å². The Morgan fingerprint density at radius 2 is 2.50 bits per heavy atom. The molecule has 0 aliphatic carbocycles. The maximum Gasteiger partial charge on any atom is 0.262 e. The van der Waals surface area contributed by atoms with Crippen LogP contribution in [0.25, 0.3) is 6.08 Å². The van der Waals surface area contributed by atoms with Gasteiger partial charge in [-0.2, -0.15) is 5.26 Å². The molecule has 4 heteroatoms. The summed E-state index contributed by atoms with van der Waals surface area (Å²) in [7, 11) is 0. The smallest absolute Gasteiger partial charge is 0.262 e. The highest BCUT2D eigenvalue weighted by Crippen LogP contribution is 2.13. The normalized spacial score (nSPS) is 12.9. The SMILES string of the molecule is CC[C@@H](C)NC(=O)/C(C#N)=C/c1cccs1. The van der Waals surface area contributed by atoms with Crippen molar-refractivity contribution in [3.63, 3.8) is 0 Å². The number of nitrogens with one attached hydrogen (secondary N) is 1. The van der Waals surface area contributed by atoms with Gasteiger partial charge in [-0.3, -0.25) is 4.79 Å². The molecular weight excluding hydrogens is 220 g/mol. The molecule has 3 nitrogen and oxygen atoms in total. The molecule has 1 aromatic heterocycles. The third kappa shape index (κ3) is 3.52. The lowest BCUT2D eigenvalue weighted by molar-refractivity contribution is -0.117. The number of nitriles is 1. The van der Waals surface area contributed by atoms with Gasteiger partial charge in [0.15, 0.2) is 0 Å². The summed E-state index contributed by atoms with van der Waals surface area (Å²) in [4.78, 5) is 12.6. The quantitative estimate of drug-likeness (QED) is 0.643. The Balaban J connectivity index is 2.76. The minimum Gasteiger partial charge on any atom is -0.349 e. The molecule has 0 saturated carbocycles. The maximum atomic E-state index is 11.7. The Morgan fingerprint density at radius 1 is 1.75 bits per heavy atom. The molecule has 0 fully saturated rings. The molecule has 0 saturated heterocycles. The van der Waals surface area contributed by atoms with Crippen molar-refractivity contribution in [2.45, 2.75) is 26.3 Å². The van der Waals surface area contributed by atoms with Gasteiger partial charge in [-0.1, -0.05) is 13.0 Å². The maximum absolute atomic E-state index is 11.7. The first-order valence-corrected chi connectivity index (χ1v) is 6.01. The van der Waals surface area contributed by atoms with Gasteiger partial charge in [-0.15, -0.1) is 11.3 Å². The van der Waals surface area contributed by atoms with Crippen molar-refractivity contribution in [1.82, 2.24) is 5.32 Å². The van der Waals surface area contributed by atoms with E-state index in [1.54, 1.807) is 6.08 Å². The molecule has 0 aromatic carbocycles. The highest BCUT2D eigenvalue weighted by molar-refractivity contribution is 7.10. The van der Waals surface area contributed by atoms with Crippen LogP contribution in [0.5, 0.6) is 0 Å². The number of hydrogen-bond acceptors (Lipinski definition) is 3. The number of nitrogens with zero attached hydrogens (tertiary/aromatic N) is 1. The summed E-state index contributed by atoms with van der Waals surface area (Å²) in [5.41, 5.74) is 0.155. The van der Waals surface area contributed by atoms with Crippen molar-refractivity contribution in [3.05, 3.63) is 28.0 Å². The highest BCUT2D eigenvalue weighted by Gasteiger charge is 2.11. The third-order valence-electron chi connectivity index (χ3n) is 2.18. The van der Waals surface area contributed by atoms with E-state index in [1.165, 1.54) is 11.3 Å². The zero-order valence-electron chi connectivity index (χ0n) is 9.36. The summed E-state index contributed by atoms with van der Waals surface area (Å²) in [6.45, 7) is 3.90. The van der Waals surface area contributed by atoms with E-state index in [4.69, 9.17) is 5.26 Å². The van der Waals surface area contributed by atoms with Crippen LogP contribution < -0.4 is 5.32 Å². The van der Waals surface area contributed by atoms with E-state index < -0.39 is 0 Å². The molecule has 0 aliphatic heterocycles. The second-order valence-electron chi connectivity index (χ2n) is 3.47. The van der Waals surface area contributed by atoms with Gasteiger partial charge in [-0.25, -0.2) is 0 Å². The molecular formula is C12H14N2OS. The molecule has 84 valence electrons. The number of hydrogen-bond donors (Lipinski definition) is 1. The average molecular weight is 234 g/mol. The number of carbonyl (C=O) groups excluding carboxylic acids is 1. The summed E-state index contributed by atoms with van der Waals surface area (Å²) in [5.74, 6) is -0.301. The molecule has 0 spiro atoms. The lowest BCUT2D eigenvalue weighted by atomic mass is 10.2.